The smallest absolute Gasteiger partial charge is 0.0540 e. The summed E-state index contributed by atoms with van der Waals surface area (Å²) in [5, 5.41) is 5.11. The van der Waals surface area contributed by atoms with Gasteiger partial charge in [-0.1, -0.05) is 176 Å². The molecule has 60 heavy (non-hydrogen) atoms. The Labute approximate surface area is 354 Å². The zero-order valence-corrected chi connectivity index (χ0v) is 33.7. The van der Waals surface area contributed by atoms with Gasteiger partial charge in [0.2, 0.25) is 0 Å². The average Bonchev–Trinajstić information content (AvgIpc) is 3.71. The number of para-hydroxylation sites is 1. The predicted octanol–water partition coefficient (Wildman–Crippen LogP) is 17.0. The minimum atomic E-state index is 1.09. The van der Waals surface area contributed by atoms with Gasteiger partial charge in [-0.3, -0.25) is 0 Å². The molecule has 0 aliphatic carbocycles. The van der Waals surface area contributed by atoms with Crippen molar-refractivity contribution in [2.24, 2.45) is 0 Å². The lowest BCUT2D eigenvalue weighted by atomic mass is 9.93. The van der Waals surface area contributed by atoms with Crippen LogP contribution < -0.4 is 4.90 Å². The number of hydrogen-bond acceptors (Lipinski definition) is 2. The van der Waals surface area contributed by atoms with Gasteiger partial charge in [0, 0.05) is 37.1 Å². The Bertz CT molecular complexity index is 3230. The normalized spacial score (nSPS) is 11.3. The van der Waals surface area contributed by atoms with Crippen LogP contribution in [0.2, 0.25) is 0 Å². The van der Waals surface area contributed by atoms with E-state index in [0.29, 0.717) is 0 Å². The topological polar surface area (TPSA) is 3.24 Å². The maximum atomic E-state index is 2.41. The van der Waals surface area contributed by atoms with Gasteiger partial charge in [-0.15, -0.1) is 11.3 Å². The van der Waals surface area contributed by atoms with Crippen molar-refractivity contribution in [3.05, 3.63) is 237 Å². The Morgan fingerprint density at radius 2 is 0.733 bits per heavy atom. The van der Waals surface area contributed by atoms with Crippen LogP contribution in [0.5, 0.6) is 0 Å². The number of nitrogens with zero attached hydrogens (tertiary/aromatic N) is 1. The Balaban J connectivity index is 1.03. The highest BCUT2D eigenvalue weighted by Crippen LogP contribution is 2.44. The van der Waals surface area contributed by atoms with Crippen molar-refractivity contribution in [3.63, 3.8) is 0 Å². The highest BCUT2D eigenvalue weighted by atomic mass is 32.1. The zero-order valence-electron chi connectivity index (χ0n) is 32.9. The fraction of sp³-hybridized carbons (Fsp3) is 0. The molecular formula is C58H39NS. The van der Waals surface area contributed by atoms with Crippen LogP contribution in [0, 0.1) is 0 Å². The number of thiophene rings is 1. The van der Waals surface area contributed by atoms with Gasteiger partial charge < -0.3 is 4.90 Å². The molecule has 11 rings (SSSR count). The molecule has 2 heteroatoms. The Kier molecular flexibility index (Phi) is 9.11. The highest BCUT2D eigenvalue weighted by Gasteiger charge is 2.19. The standard InChI is InChI=1S/C58H39NS/c1-3-14-40(15-4-1)46-36-47(41-16-5-2-6-17-41)38-48(37-46)43-28-33-50(34-29-43)59(56-24-11-9-21-53(56)52-23-13-19-44-18-7-8-20-51(44)52)49-31-26-42(27-32-49)45-30-35-55-54-22-10-12-25-57(54)60-58(55)39-45/h1-39H. The van der Waals surface area contributed by atoms with E-state index in [1.54, 1.807) is 0 Å². The lowest BCUT2D eigenvalue weighted by Gasteiger charge is -2.28. The van der Waals surface area contributed by atoms with Crippen LogP contribution in [0.3, 0.4) is 0 Å². The third kappa shape index (κ3) is 6.63. The molecule has 0 saturated heterocycles. The molecule has 1 nitrogen and oxygen atoms in total. The summed E-state index contributed by atoms with van der Waals surface area (Å²) in [6.07, 6.45) is 0. The summed E-state index contributed by atoms with van der Waals surface area (Å²) in [6, 6.07) is 86.2. The van der Waals surface area contributed by atoms with E-state index in [0.717, 1.165) is 17.1 Å². The Morgan fingerprint density at radius 1 is 0.267 bits per heavy atom. The lowest BCUT2D eigenvalue weighted by molar-refractivity contribution is 1.28. The van der Waals surface area contributed by atoms with E-state index in [9.17, 15) is 0 Å². The van der Waals surface area contributed by atoms with E-state index in [-0.39, 0.29) is 0 Å². The van der Waals surface area contributed by atoms with Crippen LogP contribution in [0.1, 0.15) is 0 Å². The van der Waals surface area contributed by atoms with E-state index in [4.69, 9.17) is 0 Å². The first kappa shape index (κ1) is 35.6. The van der Waals surface area contributed by atoms with Crippen molar-refractivity contribution in [2.75, 3.05) is 4.90 Å². The van der Waals surface area contributed by atoms with E-state index in [2.05, 4.69) is 241 Å². The molecule has 0 unspecified atom stereocenters. The molecule has 1 heterocycles. The number of benzene rings is 10. The second-order valence-electron chi connectivity index (χ2n) is 15.3. The van der Waals surface area contributed by atoms with Crippen molar-refractivity contribution in [1.82, 2.24) is 0 Å². The molecular weight excluding hydrogens is 743 g/mol. The number of anilines is 3. The fourth-order valence-corrected chi connectivity index (χ4v) is 9.83. The Hall–Kier alpha value is -7.52. The van der Waals surface area contributed by atoms with Gasteiger partial charge in [-0.2, -0.15) is 0 Å². The molecule has 0 fully saturated rings. The largest absolute Gasteiger partial charge is 0.310 e. The van der Waals surface area contributed by atoms with Crippen molar-refractivity contribution in [2.45, 2.75) is 0 Å². The number of fused-ring (bicyclic) bond motifs is 4. The van der Waals surface area contributed by atoms with Crippen molar-refractivity contribution < 1.29 is 0 Å². The third-order valence-corrected chi connectivity index (χ3v) is 12.8. The summed E-state index contributed by atoms with van der Waals surface area (Å²) < 4.78 is 2.64. The number of hydrogen-bond donors (Lipinski definition) is 0. The predicted molar refractivity (Wildman–Crippen MR) is 259 cm³/mol. The summed E-state index contributed by atoms with van der Waals surface area (Å²) >= 11 is 1.86. The molecule has 10 aromatic carbocycles. The van der Waals surface area contributed by atoms with Gasteiger partial charge in [-0.05, 0) is 122 Å². The number of rotatable bonds is 8. The van der Waals surface area contributed by atoms with Crippen LogP contribution in [-0.2, 0) is 0 Å². The van der Waals surface area contributed by atoms with E-state index >= 15 is 0 Å². The first-order valence-corrected chi connectivity index (χ1v) is 21.3. The summed E-state index contributed by atoms with van der Waals surface area (Å²) in [4.78, 5) is 2.41. The van der Waals surface area contributed by atoms with Crippen LogP contribution in [0.25, 0.3) is 86.6 Å². The second kappa shape index (κ2) is 15.3. The van der Waals surface area contributed by atoms with Crippen molar-refractivity contribution in [1.29, 1.82) is 0 Å². The molecule has 0 saturated carbocycles. The van der Waals surface area contributed by atoms with Gasteiger partial charge >= 0.3 is 0 Å². The first-order chi connectivity index (χ1) is 29.7. The van der Waals surface area contributed by atoms with Gasteiger partial charge in [0.15, 0.2) is 0 Å². The molecule has 0 radical (unpaired) electrons. The molecule has 11 aromatic rings. The van der Waals surface area contributed by atoms with Gasteiger partial charge in [0.25, 0.3) is 0 Å². The maximum absolute atomic E-state index is 2.41. The van der Waals surface area contributed by atoms with Crippen molar-refractivity contribution >= 4 is 59.3 Å². The van der Waals surface area contributed by atoms with E-state index < -0.39 is 0 Å². The molecule has 1 aromatic heterocycles. The minimum Gasteiger partial charge on any atom is -0.310 e. The summed E-state index contributed by atoms with van der Waals surface area (Å²) in [7, 11) is 0. The van der Waals surface area contributed by atoms with Crippen LogP contribution in [0.4, 0.5) is 17.1 Å². The molecule has 282 valence electrons. The van der Waals surface area contributed by atoms with Crippen LogP contribution >= 0.6 is 11.3 Å². The molecule has 0 aliphatic rings. The highest BCUT2D eigenvalue weighted by molar-refractivity contribution is 7.25. The third-order valence-electron chi connectivity index (χ3n) is 11.7. The lowest BCUT2D eigenvalue weighted by Crippen LogP contribution is -2.11. The quantitative estimate of drug-likeness (QED) is 0.148. The summed E-state index contributed by atoms with van der Waals surface area (Å²) in [5.41, 5.74) is 15.3. The molecule has 0 spiro atoms. The molecule has 0 amide bonds. The molecule has 0 aliphatic heterocycles. The van der Waals surface area contributed by atoms with Gasteiger partial charge in [-0.25, -0.2) is 0 Å². The fourth-order valence-electron chi connectivity index (χ4n) is 8.68. The monoisotopic (exact) mass is 781 g/mol. The van der Waals surface area contributed by atoms with Crippen molar-refractivity contribution in [3.8, 4) is 55.6 Å². The minimum absolute atomic E-state index is 1.09. The van der Waals surface area contributed by atoms with E-state index in [1.807, 2.05) is 11.3 Å². The van der Waals surface area contributed by atoms with Gasteiger partial charge in [0.05, 0.1) is 5.69 Å². The molecule has 0 N–H and O–H groups in total. The molecule has 0 bridgehead atoms. The summed E-state index contributed by atoms with van der Waals surface area (Å²) in [6.45, 7) is 0. The van der Waals surface area contributed by atoms with E-state index in [1.165, 1.54) is 86.6 Å². The van der Waals surface area contributed by atoms with Crippen LogP contribution in [-0.4, -0.2) is 0 Å². The molecule has 0 atom stereocenters. The average molecular weight is 782 g/mol. The second-order valence-corrected chi connectivity index (χ2v) is 16.4. The zero-order chi connectivity index (χ0) is 39.8. The summed E-state index contributed by atoms with van der Waals surface area (Å²) in [5.74, 6) is 0. The maximum Gasteiger partial charge on any atom is 0.0540 e. The first-order valence-electron chi connectivity index (χ1n) is 20.5. The SMILES string of the molecule is c1ccc(-c2cc(-c3ccccc3)cc(-c3ccc(N(c4ccc(-c5ccc6c(c5)sc5ccccc56)cc4)c4ccccc4-c4cccc5ccccc45)cc3)c2)cc1. The van der Waals surface area contributed by atoms with Crippen LogP contribution in [0.15, 0.2) is 237 Å². The Morgan fingerprint density at radius 3 is 1.40 bits per heavy atom. The van der Waals surface area contributed by atoms with Gasteiger partial charge in [0.1, 0.15) is 0 Å².